The Kier molecular flexibility index (Phi) is 2.31. The van der Waals surface area contributed by atoms with Crippen LogP contribution < -0.4 is 11.1 Å². The summed E-state index contributed by atoms with van der Waals surface area (Å²) in [7, 11) is 0. The summed E-state index contributed by atoms with van der Waals surface area (Å²) in [6.07, 6.45) is 4.04. The number of hydrogen-bond donors (Lipinski definition) is 3. The van der Waals surface area contributed by atoms with Gasteiger partial charge >= 0.3 is 0 Å². The Labute approximate surface area is 82.3 Å². The van der Waals surface area contributed by atoms with Gasteiger partial charge in [-0.25, -0.2) is 0 Å². The van der Waals surface area contributed by atoms with Crippen LogP contribution in [0.4, 0.5) is 0 Å². The zero-order chi connectivity index (χ0) is 10.1. The number of rotatable bonds is 4. The smallest absolute Gasteiger partial charge is 0.223 e. The third-order valence-corrected chi connectivity index (χ3v) is 2.77. The van der Waals surface area contributed by atoms with E-state index in [0.29, 0.717) is 5.92 Å². The highest BCUT2D eigenvalue weighted by Gasteiger charge is 2.38. The Morgan fingerprint density at radius 1 is 1.43 bits per heavy atom. The molecule has 5 heteroatoms. The number of hydrogen-bond acceptors (Lipinski definition) is 3. The van der Waals surface area contributed by atoms with Crippen molar-refractivity contribution in [1.82, 2.24) is 5.32 Å². The van der Waals surface area contributed by atoms with Crippen LogP contribution in [0, 0.1) is 11.8 Å². The fourth-order valence-corrected chi connectivity index (χ4v) is 1.54. The molecule has 0 aromatic heterocycles. The van der Waals surface area contributed by atoms with E-state index >= 15 is 0 Å². The minimum atomic E-state index is -0.256. The van der Waals surface area contributed by atoms with E-state index in [1.165, 1.54) is 0 Å². The van der Waals surface area contributed by atoms with Crippen molar-refractivity contribution in [2.75, 3.05) is 0 Å². The highest BCUT2D eigenvalue weighted by molar-refractivity contribution is 5.91. The van der Waals surface area contributed by atoms with Gasteiger partial charge in [0.15, 0.2) is 5.84 Å². The van der Waals surface area contributed by atoms with E-state index in [2.05, 4.69) is 10.5 Å². The fraction of sp³-hybridized carbons (Fsp3) is 0.778. The molecule has 1 unspecified atom stereocenters. The molecule has 4 N–H and O–H groups in total. The second kappa shape index (κ2) is 3.48. The Morgan fingerprint density at radius 2 is 2.07 bits per heavy atom. The molecule has 2 saturated carbocycles. The molecule has 2 aliphatic rings. The number of oxime groups is 1. The predicted molar refractivity (Wildman–Crippen MR) is 50.8 cm³/mol. The number of amidine groups is 1. The van der Waals surface area contributed by atoms with Crippen molar-refractivity contribution in [3.63, 3.8) is 0 Å². The average Bonchev–Trinajstić information content (AvgIpc) is 3.05. The van der Waals surface area contributed by atoms with Crippen molar-refractivity contribution in [3.8, 4) is 0 Å². The monoisotopic (exact) mass is 197 g/mol. The fourth-order valence-electron chi connectivity index (χ4n) is 1.54. The van der Waals surface area contributed by atoms with Gasteiger partial charge in [-0.05, 0) is 31.6 Å². The highest BCUT2D eigenvalue weighted by atomic mass is 16.4. The maximum absolute atomic E-state index is 11.5. The largest absolute Gasteiger partial charge is 0.409 e. The van der Waals surface area contributed by atoms with Crippen LogP contribution in [0.25, 0.3) is 0 Å². The Bertz CT molecular complexity index is 269. The number of carbonyl (C=O) groups excluding carboxylic acids is 1. The van der Waals surface area contributed by atoms with Crippen LogP contribution in [-0.4, -0.2) is 23.0 Å². The molecule has 0 saturated heterocycles. The van der Waals surface area contributed by atoms with Gasteiger partial charge in [-0.3, -0.25) is 4.79 Å². The molecule has 0 aliphatic heterocycles. The first kappa shape index (κ1) is 9.30. The van der Waals surface area contributed by atoms with Gasteiger partial charge in [-0.15, -0.1) is 0 Å². The maximum atomic E-state index is 11.5. The average molecular weight is 197 g/mol. The van der Waals surface area contributed by atoms with Crippen LogP contribution >= 0.6 is 0 Å². The zero-order valence-corrected chi connectivity index (χ0v) is 7.94. The van der Waals surface area contributed by atoms with Crippen molar-refractivity contribution < 1.29 is 10.0 Å². The van der Waals surface area contributed by atoms with Crippen LogP contribution in [0.3, 0.4) is 0 Å². The molecular weight excluding hydrogens is 182 g/mol. The lowest BCUT2D eigenvalue weighted by atomic mass is 10.1. The van der Waals surface area contributed by atoms with Gasteiger partial charge in [0.2, 0.25) is 5.91 Å². The van der Waals surface area contributed by atoms with E-state index in [1.807, 2.05) is 0 Å². The second-order valence-corrected chi connectivity index (χ2v) is 4.12. The molecule has 2 aliphatic carbocycles. The Hall–Kier alpha value is -1.26. The number of nitrogens with one attached hydrogen (secondary N) is 1. The summed E-state index contributed by atoms with van der Waals surface area (Å²) < 4.78 is 0. The van der Waals surface area contributed by atoms with Gasteiger partial charge < -0.3 is 16.3 Å². The van der Waals surface area contributed by atoms with Crippen molar-refractivity contribution in [2.24, 2.45) is 22.7 Å². The van der Waals surface area contributed by atoms with Crippen molar-refractivity contribution in [1.29, 1.82) is 0 Å². The lowest BCUT2D eigenvalue weighted by molar-refractivity contribution is -0.122. The minimum Gasteiger partial charge on any atom is -0.409 e. The molecular formula is C9H15N3O2. The molecule has 0 radical (unpaired) electrons. The van der Waals surface area contributed by atoms with Gasteiger partial charge in [0.1, 0.15) is 0 Å². The summed E-state index contributed by atoms with van der Waals surface area (Å²) in [5, 5.41) is 14.4. The summed E-state index contributed by atoms with van der Waals surface area (Å²) >= 11 is 0. The normalized spacial score (nSPS) is 24.4. The molecule has 0 bridgehead atoms. The SMILES string of the molecule is NC(=NO)C(NC(=O)C1CC1)C1CC1. The summed E-state index contributed by atoms with van der Waals surface area (Å²) in [5.41, 5.74) is 5.51. The molecule has 0 aromatic carbocycles. The first-order valence-electron chi connectivity index (χ1n) is 5.00. The first-order valence-corrected chi connectivity index (χ1v) is 5.00. The number of amides is 1. The quantitative estimate of drug-likeness (QED) is 0.257. The van der Waals surface area contributed by atoms with E-state index < -0.39 is 0 Å². The Morgan fingerprint density at radius 3 is 2.50 bits per heavy atom. The molecule has 0 spiro atoms. The maximum Gasteiger partial charge on any atom is 0.223 e. The first-order chi connectivity index (χ1) is 6.72. The number of nitrogens with zero attached hydrogens (tertiary/aromatic N) is 1. The van der Waals surface area contributed by atoms with E-state index in [-0.39, 0.29) is 23.7 Å². The summed E-state index contributed by atoms with van der Waals surface area (Å²) in [4.78, 5) is 11.5. The lowest BCUT2D eigenvalue weighted by Gasteiger charge is -2.16. The predicted octanol–water partition coefficient (Wildman–Crippen LogP) is 0.0376. The summed E-state index contributed by atoms with van der Waals surface area (Å²) in [6, 6.07) is -0.256. The topological polar surface area (TPSA) is 87.7 Å². The van der Waals surface area contributed by atoms with E-state index in [4.69, 9.17) is 10.9 Å². The third kappa shape index (κ3) is 1.97. The van der Waals surface area contributed by atoms with E-state index in [0.717, 1.165) is 25.7 Å². The molecule has 2 rings (SSSR count). The van der Waals surface area contributed by atoms with Crippen LogP contribution in [0.2, 0.25) is 0 Å². The molecule has 0 heterocycles. The third-order valence-electron chi connectivity index (χ3n) is 2.77. The van der Waals surface area contributed by atoms with Crippen molar-refractivity contribution >= 4 is 11.7 Å². The van der Waals surface area contributed by atoms with Crippen molar-refractivity contribution in [2.45, 2.75) is 31.7 Å². The molecule has 78 valence electrons. The zero-order valence-electron chi connectivity index (χ0n) is 7.94. The molecule has 14 heavy (non-hydrogen) atoms. The van der Waals surface area contributed by atoms with E-state index in [1.54, 1.807) is 0 Å². The number of nitrogens with two attached hydrogens (primary N) is 1. The van der Waals surface area contributed by atoms with Gasteiger partial charge in [-0.2, -0.15) is 0 Å². The highest BCUT2D eigenvalue weighted by Crippen LogP contribution is 2.34. The van der Waals surface area contributed by atoms with Gasteiger partial charge in [0, 0.05) is 5.92 Å². The summed E-state index contributed by atoms with van der Waals surface area (Å²) in [6.45, 7) is 0. The van der Waals surface area contributed by atoms with Crippen molar-refractivity contribution in [3.05, 3.63) is 0 Å². The van der Waals surface area contributed by atoms with E-state index in [9.17, 15) is 4.79 Å². The minimum absolute atomic E-state index is 0.0495. The van der Waals surface area contributed by atoms with Crippen LogP contribution in [0.5, 0.6) is 0 Å². The van der Waals surface area contributed by atoms with Crippen LogP contribution in [0.15, 0.2) is 5.16 Å². The van der Waals surface area contributed by atoms with Gasteiger partial charge in [-0.1, -0.05) is 5.16 Å². The second-order valence-electron chi connectivity index (χ2n) is 4.12. The standard InChI is InChI=1S/C9H15N3O2/c10-8(12-14)7(5-1-2-5)11-9(13)6-3-4-6/h5-7,14H,1-4H2,(H2,10,12)(H,11,13). The molecule has 1 amide bonds. The molecule has 0 aromatic rings. The van der Waals surface area contributed by atoms with Gasteiger partial charge in [0.25, 0.3) is 0 Å². The van der Waals surface area contributed by atoms with Crippen LogP contribution in [0.1, 0.15) is 25.7 Å². The lowest BCUT2D eigenvalue weighted by Crippen LogP contribution is -2.46. The molecule has 5 nitrogen and oxygen atoms in total. The number of carbonyl (C=O) groups is 1. The Balaban J connectivity index is 1.92. The van der Waals surface area contributed by atoms with Crippen LogP contribution in [-0.2, 0) is 4.79 Å². The van der Waals surface area contributed by atoms with Gasteiger partial charge in [0.05, 0.1) is 6.04 Å². The molecule has 2 fully saturated rings. The summed E-state index contributed by atoms with van der Waals surface area (Å²) in [5.74, 6) is 0.714. The molecule has 1 atom stereocenters.